The van der Waals surface area contributed by atoms with Crippen molar-refractivity contribution in [1.29, 1.82) is 0 Å². The maximum atomic E-state index is 15.6. The molecule has 0 bridgehead atoms. The number of hydrogen-bond acceptors (Lipinski definition) is 6. The first-order chi connectivity index (χ1) is 18.7. The maximum absolute atomic E-state index is 15.6. The van der Waals surface area contributed by atoms with E-state index in [2.05, 4.69) is 21.5 Å². The molecule has 0 N–H and O–H groups in total. The summed E-state index contributed by atoms with van der Waals surface area (Å²) in [6, 6.07) is 8.83. The highest BCUT2D eigenvalue weighted by Gasteiger charge is 2.27. The zero-order valence-electron chi connectivity index (χ0n) is 22.0. The van der Waals surface area contributed by atoms with Gasteiger partial charge in [0.1, 0.15) is 23.1 Å². The van der Waals surface area contributed by atoms with Crippen LogP contribution < -0.4 is 10.6 Å². The van der Waals surface area contributed by atoms with Crippen molar-refractivity contribution in [3.63, 3.8) is 0 Å². The van der Waals surface area contributed by atoms with Crippen LogP contribution in [0.5, 0.6) is 0 Å². The molecule has 0 unspecified atom stereocenters. The van der Waals surface area contributed by atoms with Crippen LogP contribution in [0.4, 0.5) is 14.6 Å². The van der Waals surface area contributed by atoms with Gasteiger partial charge < -0.3 is 9.80 Å². The van der Waals surface area contributed by atoms with Gasteiger partial charge in [-0.3, -0.25) is 9.78 Å². The van der Waals surface area contributed by atoms with Crippen LogP contribution in [0.2, 0.25) is 0 Å². The van der Waals surface area contributed by atoms with Crippen molar-refractivity contribution < 1.29 is 13.6 Å². The van der Waals surface area contributed by atoms with Crippen molar-refractivity contribution in [1.82, 2.24) is 24.4 Å². The molecule has 0 radical (unpaired) electrons. The lowest BCUT2D eigenvalue weighted by Crippen LogP contribution is -2.49. The number of fused-ring (bicyclic) bond motifs is 1. The topological polar surface area (TPSA) is 84.2 Å². The Hall–Kier alpha value is -4.47. The van der Waals surface area contributed by atoms with E-state index in [9.17, 15) is 14.0 Å². The molecule has 0 saturated carbocycles. The lowest BCUT2D eigenvalue weighted by Gasteiger charge is -2.35. The Morgan fingerprint density at radius 2 is 1.77 bits per heavy atom. The van der Waals surface area contributed by atoms with Crippen LogP contribution >= 0.6 is 0 Å². The second-order valence-electron chi connectivity index (χ2n) is 9.76. The average Bonchev–Trinajstić information content (AvgIpc) is 2.93. The molecular formula is C29H28F2N6O2. The van der Waals surface area contributed by atoms with Gasteiger partial charge in [-0.05, 0) is 48.7 Å². The monoisotopic (exact) mass is 530 g/mol. The van der Waals surface area contributed by atoms with E-state index in [-0.39, 0.29) is 34.5 Å². The molecule has 1 saturated heterocycles. The zero-order chi connectivity index (χ0) is 27.8. The van der Waals surface area contributed by atoms with E-state index < -0.39 is 17.3 Å². The third-order valence-electron chi connectivity index (χ3n) is 6.92. The van der Waals surface area contributed by atoms with Gasteiger partial charge in [0.2, 0.25) is 5.91 Å². The number of benzene rings is 1. The molecule has 8 nitrogen and oxygen atoms in total. The molecule has 1 aromatic carbocycles. The number of carbonyl (C=O) groups excluding carboxylic acids is 1. The summed E-state index contributed by atoms with van der Waals surface area (Å²) in [6.07, 6.45) is 2.93. The minimum atomic E-state index is -0.742. The second kappa shape index (κ2) is 10.4. The highest BCUT2D eigenvalue weighted by molar-refractivity contribution is 5.91. The Labute approximate surface area is 224 Å². The smallest absolute Gasteiger partial charge is 0.352 e. The first kappa shape index (κ1) is 26.1. The number of rotatable bonds is 5. The summed E-state index contributed by atoms with van der Waals surface area (Å²) < 4.78 is 31.7. The average molecular weight is 531 g/mol. The molecule has 4 aromatic rings. The Morgan fingerprint density at radius 3 is 2.44 bits per heavy atom. The fraction of sp³-hybridized carbons (Fsp3) is 0.276. The third-order valence-corrected chi connectivity index (χ3v) is 6.92. The number of hydrogen-bond donors (Lipinski definition) is 0. The SMILES string of the molecule is C=CC(=O)N1CCN(c2nc(=O)n(-c3c(C)ccnc3C(C)C)c3nc(-c4ccccc4F)c(F)cc23)CC1. The molecular weight excluding hydrogens is 502 g/mol. The minimum absolute atomic E-state index is 0.0159. The lowest BCUT2D eigenvalue weighted by molar-refractivity contribution is -0.126. The quantitative estimate of drug-likeness (QED) is 0.356. The maximum Gasteiger partial charge on any atom is 0.355 e. The van der Waals surface area contributed by atoms with E-state index in [1.165, 1.54) is 34.9 Å². The van der Waals surface area contributed by atoms with E-state index in [0.717, 1.165) is 5.56 Å². The van der Waals surface area contributed by atoms with Crippen LogP contribution in [0.3, 0.4) is 0 Å². The Balaban J connectivity index is 1.79. The molecule has 5 rings (SSSR count). The highest BCUT2D eigenvalue weighted by Crippen LogP contribution is 2.33. The predicted octanol–water partition coefficient (Wildman–Crippen LogP) is 4.39. The standard InChI is InChI=1S/C29H28F2N6O2/c1-5-23(38)35-12-14-36(15-13-35)27-20-16-22(31)25(19-8-6-7-9-21(19)30)33-28(20)37(29(39)34-27)26-18(4)10-11-32-24(26)17(2)3/h5-11,16-17H,1,12-15H2,2-4H3. The van der Waals surface area contributed by atoms with Gasteiger partial charge in [-0.25, -0.2) is 23.1 Å². The van der Waals surface area contributed by atoms with E-state index in [1.807, 2.05) is 25.7 Å². The number of carbonyl (C=O) groups is 1. The van der Waals surface area contributed by atoms with Crippen LogP contribution in [-0.4, -0.2) is 56.5 Å². The van der Waals surface area contributed by atoms with Gasteiger partial charge in [-0.2, -0.15) is 4.98 Å². The summed E-state index contributed by atoms with van der Waals surface area (Å²) in [5.41, 5.74) is 1.25. The number of piperazine rings is 1. The first-order valence-corrected chi connectivity index (χ1v) is 12.7. The zero-order valence-corrected chi connectivity index (χ0v) is 22.0. The third kappa shape index (κ3) is 4.67. The van der Waals surface area contributed by atoms with E-state index in [1.54, 1.807) is 23.2 Å². The number of halogens is 2. The number of nitrogens with zero attached hydrogens (tertiary/aromatic N) is 6. The second-order valence-corrected chi connectivity index (χ2v) is 9.76. The number of pyridine rings is 2. The van der Waals surface area contributed by atoms with E-state index in [4.69, 9.17) is 0 Å². The minimum Gasteiger partial charge on any atom is -0.352 e. The van der Waals surface area contributed by atoms with Crippen LogP contribution in [0.1, 0.15) is 31.0 Å². The molecule has 4 heterocycles. The van der Waals surface area contributed by atoms with Gasteiger partial charge in [0.25, 0.3) is 0 Å². The largest absolute Gasteiger partial charge is 0.355 e. The van der Waals surface area contributed by atoms with Gasteiger partial charge in [0, 0.05) is 37.9 Å². The Morgan fingerprint density at radius 1 is 1.05 bits per heavy atom. The summed E-state index contributed by atoms with van der Waals surface area (Å²) in [5.74, 6) is -1.33. The molecule has 3 aromatic heterocycles. The molecule has 1 fully saturated rings. The molecule has 200 valence electrons. The van der Waals surface area contributed by atoms with Gasteiger partial charge in [0.15, 0.2) is 5.65 Å². The molecule has 39 heavy (non-hydrogen) atoms. The summed E-state index contributed by atoms with van der Waals surface area (Å²) in [4.78, 5) is 42.8. The predicted molar refractivity (Wildman–Crippen MR) is 146 cm³/mol. The van der Waals surface area contributed by atoms with Gasteiger partial charge in [0.05, 0.1) is 16.8 Å². The lowest BCUT2D eigenvalue weighted by atomic mass is 10.0. The molecule has 10 heteroatoms. The van der Waals surface area contributed by atoms with Gasteiger partial charge in [-0.1, -0.05) is 32.6 Å². The number of amides is 1. The normalized spacial score (nSPS) is 13.8. The summed E-state index contributed by atoms with van der Waals surface area (Å²) >= 11 is 0. The number of aryl methyl sites for hydroxylation is 1. The van der Waals surface area contributed by atoms with Crippen molar-refractivity contribution in [3.05, 3.63) is 88.6 Å². The summed E-state index contributed by atoms with van der Waals surface area (Å²) in [5, 5.41) is 0.300. The summed E-state index contributed by atoms with van der Waals surface area (Å²) in [7, 11) is 0. The fourth-order valence-corrected chi connectivity index (χ4v) is 4.94. The molecule has 0 aliphatic carbocycles. The van der Waals surface area contributed by atoms with Gasteiger partial charge >= 0.3 is 5.69 Å². The van der Waals surface area contributed by atoms with E-state index in [0.29, 0.717) is 42.9 Å². The Bertz CT molecular complexity index is 1660. The van der Waals surface area contributed by atoms with Crippen LogP contribution in [0.25, 0.3) is 28.0 Å². The van der Waals surface area contributed by atoms with Crippen molar-refractivity contribution in [2.75, 3.05) is 31.1 Å². The van der Waals surface area contributed by atoms with Crippen molar-refractivity contribution in [2.45, 2.75) is 26.7 Å². The van der Waals surface area contributed by atoms with Gasteiger partial charge in [-0.15, -0.1) is 0 Å². The molecule has 1 aliphatic heterocycles. The van der Waals surface area contributed by atoms with Crippen LogP contribution in [0.15, 0.2) is 60.0 Å². The molecule has 0 atom stereocenters. The molecule has 1 amide bonds. The highest BCUT2D eigenvalue weighted by atomic mass is 19.1. The molecule has 1 aliphatic rings. The first-order valence-electron chi connectivity index (χ1n) is 12.7. The molecule has 0 spiro atoms. The Kier molecular flexibility index (Phi) is 6.94. The van der Waals surface area contributed by atoms with Crippen molar-refractivity contribution in [3.8, 4) is 16.9 Å². The van der Waals surface area contributed by atoms with E-state index >= 15 is 4.39 Å². The summed E-state index contributed by atoms with van der Waals surface area (Å²) in [6.45, 7) is 10.8. The number of aromatic nitrogens is 4. The van der Waals surface area contributed by atoms with Crippen molar-refractivity contribution in [2.24, 2.45) is 0 Å². The fourth-order valence-electron chi connectivity index (χ4n) is 4.94. The van der Waals surface area contributed by atoms with Crippen LogP contribution in [0, 0.1) is 18.6 Å². The number of anilines is 1. The van der Waals surface area contributed by atoms with Crippen molar-refractivity contribution >= 4 is 22.8 Å². The van der Waals surface area contributed by atoms with Crippen LogP contribution in [-0.2, 0) is 4.79 Å².